The number of hydrogen-bond acceptors (Lipinski definition) is 4. The molecule has 4 nitrogen and oxygen atoms in total. The third-order valence-electron chi connectivity index (χ3n) is 4.37. The molecule has 4 heteroatoms. The molecule has 0 saturated heterocycles. The summed E-state index contributed by atoms with van der Waals surface area (Å²) in [5.74, 6) is 0.0130. The standard InChI is InChI=1S/C23H28O4/c1-17(15-19(3)27-23(25)21-12-8-5-9-13-21)14-18(2)16-26-22(24)20-10-6-4-7-11-20/h4-13,17-19H,14-16H2,1-3H3. The Labute approximate surface area is 161 Å². The van der Waals surface area contributed by atoms with Gasteiger partial charge in [-0.05, 0) is 55.9 Å². The molecule has 0 aliphatic rings. The number of ether oxygens (including phenoxy) is 2. The van der Waals surface area contributed by atoms with Crippen molar-refractivity contribution in [2.24, 2.45) is 11.8 Å². The fourth-order valence-electron chi connectivity index (χ4n) is 3.17. The van der Waals surface area contributed by atoms with Crippen molar-refractivity contribution in [3.63, 3.8) is 0 Å². The Morgan fingerprint density at radius 2 is 1.26 bits per heavy atom. The summed E-state index contributed by atoms with van der Waals surface area (Å²) in [6.45, 7) is 6.49. The Morgan fingerprint density at radius 3 is 1.81 bits per heavy atom. The van der Waals surface area contributed by atoms with E-state index in [9.17, 15) is 9.59 Å². The summed E-state index contributed by atoms with van der Waals surface area (Å²) in [7, 11) is 0. The van der Waals surface area contributed by atoms with Crippen LogP contribution in [0.4, 0.5) is 0 Å². The highest BCUT2D eigenvalue weighted by Crippen LogP contribution is 2.19. The number of carbonyl (C=O) groups is 2. The molecule has 0 radical (unpaired) electrons. The predicted molar refractivity (Wildman–Crippen MR) is 106 cm³/mol. The van der Waals surface area contributed by atoms with Crippen molar-refractivity contribution in [3.8, 4) is 0 Å². The summed E-state index contributed by atoms with van der Waals surface area (Å²) >= 11 is 0. The highest BCUT2D eigenvalue weighted by molar-refractivity contribution is 5.89. The number of benzene rings is 2. The van der Waals surface area contributed by atoms with Gasteiger partial charge < -0.3 is 9.47 Å². The summed E-state index contributed by atoms with van der Waals surface area (Å²) in [4.78, 5) is 24.1. The first-order chi connectivity index (χ1) is 13.0. The molecule has 0 N–H and O–H groups in total. The highest BCUT2D eigenvalue weighted by Gasteiger charge is 2.17. The molecule has 0 aromatic heterocycles. The zero-order valence-electron chi connectivity index (χ0n) is 16.3. The highest BCUT2D eigenvalue weighted by atomic mass is 16.5. The quantitative estimate of drug-likeness (QED) is 0.575. The maximum Gasteiger partial charge on any atom is 0.338 e. The molecule has 0 aliphatic heterocycles. The molecule has 3 unspecified atom stereocenters. The number of rotatable bonds is 9. The molecule has 0 heterocycles. The first kappa shape index (κ1) is 20.7. The van der Waals surface area contributed by atoms with Gasteiger partial charge in [-0.1, -0.05) is 50.2 Å². The van der Waals surface area contributed by atoms with Crippen LogP contribution in [-0.4, -0.2) is 24.6 Å². The van der Waals surface area contributed by atoms with Crippen molar-refractivity contribution in [1.29, 1.82) is 0 Å². The van der Waals surface area contributed by atoms with E-state index in [0.717, 1.165) is 12.8 Å². The van der Waals surface area contributed by atoms with Gasteiger partial charge in [0.1, 0.15) is 0 Å². The minimum atomic E-state index is -0.292. The summed E-state index contributed by atoms with van der Waals surface area (Å²) in [6, 6.07) is 18.0. The van der Waals surface area contributed by atoms with Gasteiger partial charge in [0.2, 0.25) is 0 Å². The van der Waals surface area contributed by atoms with Crippen molar-refractivity contribution < 1.29 is 19.1 Å². The topological polar surface area (TPSA) is 52.6 Å². The average Bonchev–Trinajstić information content (AvgIpc) is 2.67. The van der Waals surface area contributed by atoms with Crippen LogP contribution < -0.4 is 0 Å². The molecule has 2 rings (SSSR count). The molecule has 27 heavy (non-hydrogen) atoms. The number of hydrogen-bond donors (Lipinski definition) is 0. The predicted octanol–water partition coefficient (Wildman–Crippen LogP) is 5.14. The van der Waals surface area contributed by atoms with E-state index in [4.69, 9.17) is 9.47 Å². The molecule has 0 spiro atoms. The Bertz CT molecular complexity index is 712. The normalized spacial score (nSPS) is 14.0. The number of esters is 2. The van der Waals surface area contributed by atoms with Gasteiger partial charge in [0.25, 0.3) is 0 Å². The fourth-order valence-corrected chi connectivity index (χ4v) is 3.17. The Balaban J connectivity index is 1.70. The lowest BCUT2D eigenvalue weighted by molar-refractivity contribution is 0.0268. The summed E-state index contributed by atoms with van der Waals surface area (Å²) in [6.07, 6.45) is 1.51. The second-order valence-electron chi connectivity index (χ2n) is 7.23. The summed E-state index contributed by atoms with van der Waals surface area (Å²) in [5.41, 5.74) is 1.14. The zero-order chi connectivity index (χ0) is 19.6. The Hall–Kier alpha value is -2.62. The van der Waals surface area contributed by atoms with Gasteiger partial charge in [0, 0.05) is 0 Å². The van der Waals surface area contributed by atoms with E-state index in [2.05, 4.69) is 13.8 Å². The maximum absolute atomic E-state index is 12.1. The van der Waals surface area contributed by atoms with Gasteiger partial charge in [-0.25, -0.2) is 9.59 Å². The Kier molecular flexibility index (Phi) is 8.05. The minimum absolute atomic E-state index is 0.160. The molecule has 0 aliphatic carbocycles. The van der Waals surface area contributed by atoms with E-state index in [1.807, 2.05) is 43.3 Å². The van der Waals surface area contributed by atoms with Crippen molar-refractivity contribution in [2.75, 3.05) is 6.61 Å². The van der Waals surface area contributed by atoms with Crippen molar-refractivity contribution in [3.05, 3.63) is 71.8 Å². The van der Waals surface area contributed by atoms with Crippen molar-refractivity contribution in [1.82, 2.24) is 0 Å². The fraction of sp³-hybridized carbons (Fsp3) is 0.391. The lowest BCUT2D eigenvalue weighted by Gasteiger charge is -2.21. The zero-order valence-corrected chi connectivity index (χ0v) is 16.3. The van der Waals surface area contributed by atoms with Crippen LogP contribution in [-0.2, 0) is 9.47 Å². The van der Waals surface area contributed by atoms with Gasteiger partial charge in [0.15, 0.2) is 0 Å². The molecule has 0 amide bonds. The monoisotopic (exact) mass is 368 g/mol. The van der Waals surface area contributed by atoms with Gasteiger partial charge >= 0.3 is 11.9 Å². The lowest BCUT2D eigenvalue weighted by Crippen LogP contribution is -2.20. The van der Waals surface area contributed by atoms with Crippen LogP contribution in [0, 0.1) is 11.8 Å². The van der Waals surface area contributed by atoms with Crippen LogP contribution in [0.1, 0.15) is 54.3 Å². The average molecular weight is 368 g/mol. The molecular formula is C23H28O4. The minimum Gasteiger partial charge on any atom is -0.462 e. The maximum atomic E-state index is 12.1. The molecule has 144 valence electrons. The third kappa shape index (κ3) is 7.26. The third-order valence-corrected chi connectivity index (χ3v) is 4.37. The van der Waals surface area contributed by atoms with Gasteiger partial charge in [-0.2, -0.15) is 0 Å². The molecule has 0 saturated carbocycles. The molecule has 2 aromatic rings. The van der Waals surface area contributed by atoms with Gasteiger partial charge in [-0.3, -0.25) is 0 Å². The molecule has 3 atom stereocenters. The van der Waals surface area contributed by atoms with E-state index in [1.54, 1.807) is 24.3 Å². The van der Waals surface area contributed by atoms with Gasteiger partial charge in [-0.15, -0.1) is 0 Å². The second kappa shape index (κ2) is 10.5. The molecule has 0 fully saturated rings. The summed E-state index contributed by atoms with van der Waals surface area (Å²) in [5, 5.41) is 0. The van der Waals surface area contributed by atoms with E-state index < -0.39 is 0 Å². The van der Waals surface area contributed by atoms with E-state index in [-0.39, 0.29) is 24.0 Å². The van der Waals surface area contributed by atoms with E-state index in [0.29, 0.717) is 23.7 Å². The van der Waals surface area contributed by atoms with Crippen molar-refractivity contribution >= 4 is 11.9 Å². The van der Waals surface area contributed by atoms with E-state index in [1.165, 1.54) is 0 Å². The molecule has 2 aromatic carbocycles. The molecule has 0 bridgehead atoms. The Morgan fingerprint density at radius 1 is 0.741 bits per heavy atom. The van der Waals surface area contributed by atoms with Gasteiger partial charge in [0.05, 0.1) is 23.8 Å². The lowest BCUT2D eigenvalue weighted by atomic mass is 9.93. The first-order valence-electron chi connectivity index (χ1n) is 9.44. The SMILES string of the molecule is CC(COC(=O)c1ccccc1)CC(C)CC(C)OC(=O)c1ccccc1. The van der Waals surface area contributed by atoms with Crippen LogP contribution in [0.2, 0.25) is 0 Å². The van der Waals surface area contributed by atoms with Crippen LogP contribution in [0.15, 0.2) is 60.7 Å². The van der Waals surface area contributed by atoms with Crippen molar-refractivity contribution in [2.45, 2.75) is 39.7 Å². The van der Waals surface area contributed by atoms with E-state index >= 15 is 0 Å². The summed E-state index contributed by atoms with van der Waals surface area (Å²) < 4.78 is 10.9. The first-order valence-corrected chi connectivity index (χ1v) is 9.44. The van der Waals surface area contributed by atoms with Crippen LogP contribution in [0.3, 0.4) is 0 Å². The molecular weight excluding hydrogens is 340 g/mol. The van der Waals surface area contributed by atoms with Crippen LogP contribution >= 0.6 is 0 Å². The van der Waals surface area contributed by atoms with Crippen LogP contribution in [0.5, 0.6) is 0 Å². The van der Waals surface area contributed by atoms with Crippen LogP contribution in [0.25, 0.3) is 0 Å². The second-order valence-corrected chi connectivity index (χ2v) is 7.23. The largest absolute Gasteiger partial charge is 0.462 e. The smallest absolute Gasteiger partial charge is 0.338 e. The number of carbonyl (C=O) groups excluding carboxylic acids is 2.